The molecule has 0 amide bonds. The smallest absolute Gasteiger partial charge is 0.0702 e. The average Bonchev–Trinajstić information content (AvgIpc) is 3.29. The van der Waals surface area contributed by atoms with Crippen molar-refractivity contribution in [1.82, 2.24) is 0 Å². The van der Waals surface area contributed by atoms with Gasteiger partial charge in [-0.25, -0.2) is 0 Å². The third-order valence-electron chi connectivity index (χ3n) is 10.4. The maximum Gasteiger partial charge on any atom is 0.0702 e. The van der Waals surface area contributed by atoms with E-state index in [1.165, 1.54) is 32.3 Å². The molecule has 4 heteroatoms. The summed E-state index contributed by atoms with van der Waals surface area (Å²) in [6.45, 7) is 0. The lowest BCUT2D eigenvalue weighted by Crippen LogP contribution is -2.16. The molecule has 0 fully saturated rings. The van der Waals surface area contributed by atoms with E-state index in [4.69, 9.17) is 5.73 Å². The van der Waals surface area contributed by atoms with Crippen LogP contribution >= 0.6 is 0 Å². The van der Waals surface area contributed by atoms with Crippen molar-refractivity contribution in [2.45, 2.75) is 0 Å². The zero-order chi connectivity index (χ0) is 39.1. The molecule has 0 aliphatic carbocycles. The number of hydrogen-bond donors (Lipinski definition) is 2. The zero-order valence-corrected chi connectivity index (χ0v) is 32.0. The van der Waals surface area contributed by atoms with Crippen molar-refractivity contribution in [2.24, 2.45) is 0 Å². The lowest BCUT2D eigenvalue weighted by molar-refractivity contribution is 1.23. The van der Waals surface area contributed by atoms with Crippen LogP contribution in [-0.2, 0) is 0 Å². The van der Waals surface area contributed by atoms with Crippen molar-refractivity contribution in [3.8, 4) is 0 Å². The Balaban J connectivity index is 0.000000153. The van der Waals surface area contributed by atoms with Gasteiger partial charge in [-0.3, -0.25) is 0 Å². The van der Waals surface area contributed by atoms with Crippen LogP contribution in [0, 0.1) is 0 Å². The van der Waals surface area contributed by atoms with E-state index in [0.29, 0.717) is 0 Å². The number of hydrogen-bond acceptors (Lipinski definition) is 4. The molecule has 0 saturated carbocycles. The molecule has 10 aromatic carbocycles. The molecule has 0 radical (unpaired) electrons. The maximum atomic E-state index is 6.14. The van der Waals surface area contributed by atoms with Crippen molar-refractivity contribution < 1.29 is 0 Å². The number of benzene rings is 10. The Morgan fingerprint density at radius 2 is 0.707 bits per heavy atom. The molecule has 4 nitrogen and oxygen atoms in total. The van der Waals surface area contributed by atoms with Gasteiger partial charge in [0.05, 0.1) is 22.7 Å². The third-order valence-corrected chi connectivity index (χ3v) is 10.4. The lowest BCUT2D eigenvalue weighted by Gasteiger charge is -2.33. The predicted molar refractivity (Wildman–Crippen MR) is 249 cm³/mol. The highest BCUT2D eigenvalue weighted by molar-refractivity contribution is 6.17. The molecule has 0 spiro atoms. The highest BCUT2D eigenvalue weighted by atomic mass is 15.2. The van der Waals surface area contributed by atoms with Gasteiger partial charge in [0, 0.05) is 33.8 Å². The van der Waals surface area contributed by atoms with Gasteiger partial charge in [-0.1, -0.05) is 146 Å². The highest BCUT2D eigenvalue weighted by Crippen LogP contribution is 2.45. The molecular weight excluding hydrogens is 705 g/mol. The van der Waals surface area contributed by atoms with Crippen LogP contribution in [0.2, 0.25) is 0 Å². The van der Waals surface area contributed by atoms with Gasteiger partial charge in [-0.05, 0) is 118 Å². The number of nitrogen functional groups attached to an aromatic ring is 1. The first kappa shape index (κ1) is 35.9. The van der Waals surface area contributed by atoms with Crippen LogP contribution in [0.4, 0.5) is 51.2 Å². The number of nitrogens with two attached hydrogens (primary N) is 1. The molecule has 10 rings (SSSR count). The van der Waals surface area contributed by atoms with Crippen molar-refractivity contribution >= 4 is 83.5 Å². The minimum Gasteiger partial charge on any atom is -0.397 e. The molecule has 0 unspecified atom stereocenters. The summed E-state index contributed by atoms with van der Waals surface area (Å²) in [5, 5.41) is 11.0. The minimum atomic E-state index is 0.746. The van der Waals surface area contributed by atoms with Gasteiger partial charge in [-0.15, -0.1) is 0 Å². The SMILES string of the molecule is Nc1ccccc1Nc1cccc2ccc3cc4ccccc4cc3c12.c1ccc(N(c2ccccc2)c2ccccc2N(c2ccccc2)c2ccccc2)cc1. The number of fused-ring (bicyclic) bond motifs is 4. The van der Waals surface area contributed by atoms with E-state index < -0.39 is 0 Å². The zero-order valence-electron chi connectivity index (χ0n) is 32.0. The second-order valence-electron chi connectivity index (χ2n) is 14.1. The first-order valence-electron chi connectivity index (χ1n) is 19.6. The third kappa shape index (κ3) is 7.43. The normalized spacial score (nSPS) is 10.8. The van der Waals surface area contributed by atoms with Gasteiger partial charge in [0.15, 0.2) is 0 Å². The quantitative estimate of drug-likeness (QED) is 0.0923. The Morgan fingerprint density at radius 1 is 0.310 bits per heavy atom. The number of rotatable bonds is 8. The van der Waals surface area contributed by atoms with Crippen LogP contribution in [0.25, 0.3) is 32.3 Å². The van der Waals surface area contributed by atoms with Crippen molar-refractivity contribution in [2.75, 3.05) is 20.9 Å². The Bertz CT molecular complexity index is 2750. The fourth-order valence-electron chi connectivity index (χ4n) is 7.67. The summed E-state index contributed by atoms with van der Waals surface area (Å²) >= 11 is 0. The van der Waals surface area contributed by atoms with Gasteiger partial charge < -0.3 is 20.9 Å². The minimum absolute atomic E-state index is 0.746. The van der Waals surface area contributed by atoms with E-state index in [2.05, 4.69) is 227 Å². The van der Waals surface area contributed by atoms with Gasteiger partial charge in [0.2, 0.25) is 0 Å². The summed E-state index contributed by atoms with van der Waals surface area (Å²) in [7, 11) is 0. The first-order chi connectivity index (χ1) is 28.7. The Hall–Kier alpha value is -7.82. The van der Waals surface area contributed by atoms with E-state index in [0.717, 1.165) is 51.2 Å². The molecule has 0 aliphatic rings. The van der Waals surface area contributed by atoms with Crippen LogP contribution < -0.4 is 20.9 Å². The molecule has 0 heterocycles. The largest absolute Gasteiger partial charge is 0.397 e. The summed E-state index contributed by atoms with van der Waals surface area (Å²) in [5.74, 6) is 0. The summed E-state index contributed by atoms with van der Waals surface area (Å²) in [5.41, 5.74) is 15.6. The monoisotopic (exact) mass is 746 g/mol. The summed E-state index contributed by atoms with van der Waals surface area (Å²) in [6.07, 6.45) is 0. The van der Waals surface area contributed by atoms with Gasteiger partial charge in [-0.2, -0.15) is 0 Å². The molecular formula is C54H42N4. The van der Waals surface area contributed by atoms with E-state index in [-0.39, 0.29) is 0 Å². The molecule has 58 heavy (non-hydrogen) atoms. The van der Waals surface area contributed by atoms with Gasteiger partial charge in [0.1, 0.15) is 0 Å². The molecule has 0 aromatic heterocycles. The van der Waals surface area contributed by atoms with Crippen LogP contribution in [0.15, 0.2) is 237 Å². The molecule has 0 aliphatic heterocycles. The summed E-state index contributed by atoms with van der Waals surface area (Å²) in [6, 6.07) is 82.3. The number of anilines is 9. The Morgan fingerprint density at radius 3 is 1.22 bits per heavy atom. The van der Waals surface area contributed by atoms with Gasteiger partial charge >= 0.3 is 0 Å². The van der Waals surface area contributed by atoms with Crippen LogP contribution in [0.3, 0.4) is 0 Å². The molecule has 0 atom stereocenters. The fourth-order valence-corrected chi connectivity index (χ4v) is 7.67. The van der Waals surface area contributed by atoms with E-state index in [9.17, 15) is 0 Å². The predicted octanol–water partition coefficient (Wildman–Crippen LogP) is 15.1. The molecule has 10 aromatic rings. The summed E-state index contributed by atoms with van der Waals surface area (Å²) < 4.78 is 0. The number of nitrogens with one attached hydrogen (secondary N) is 1. The topological polar surface area (TPSA) is 44.5 Å². The van der Waals surface area contributed by atoms with E-state index in [1.54, 1.807) is 0 Å². The molecule has 0 saturated heterocycles. The summed E-state index contributed by atoms with van der Waals surface area (Å²) in [4.78, 5) is 4.63. The van der Waals surface area contributed by atoms with Crippen molar-refractivity contribution in [1.29, 1.82) is 0 Å². The number of nitrogens with zero attached hydrogens (tertiary/aromatic N) is 2. The Labute approximate surface area is 339 Å². The highest BCUT2D eigenvalue weighted by Gasteiger charge is 2.21. The van der Waals surface area contributed by atoms with E-state index in [1.807, 2.05) is 24.3 Å². The second kappa shape index (κ2) is 16.5. The lowest BCUT2D eigenvalue weighted by atomic mass is 9.97. The second-order valence-corrected chi connectivity index (χ2v) is 14.1. The molecule has 0 bridgehead atoms. The Kier molecular flexibility index (Phi) is 10.2. The maximum absolute atomic E-state index is 6.14. The molecule has 278 valence electrons. The van der Waals surface area contributed by atoms with Gasteiger partial charge in [0.25, 0.3) is 0 Å². The first-order valence-corrected chi connectivity index (χ1v) is 19.6. The standard InChI is InChI=1S/C30H24N2.C24H18N2/c1-5-15-25(16-6-1)31(26-17-7-2-8-18-26)29-23-13-14-24-30(29)32(27-19-9-3-10-20-27)28-21-11-4-12-22-28;25-21-9-3-4-10-22(21)26-23-11-5-8-16-12-13-19-14-17-6-1-2-7-18(17)15-20(19)24(16)23/h1-24H;1-15,26H,25H2. The van der Waals surface area contributed by atoms with Crippen LogP contribution in [-0.4, -0.2) is 0 Å². The average molecular weight is 747 g/mol. The van der Waals surface area contributed by atoms with Crippen LogP contribution in [0.5, 0.6) is 0 Å². The van der Waals surface area contributed by atoms with Crippen LogP contribution in [0.1, 0.15) is 0 Å². The van der Waals surface area contributed by atoms with Crippen molar-refractivity contribution in [3.63, 3.8) is 0 Å². The number of para-hydroxylation sites is 8. The fraction of sp³-hybridized carbons (Fsp3) is 0. The van der Waals surface area contributed by atoms with Crippen molar-refractivity contribution in [3.05, 3.63) is 237 Å². The molecule has 3 N–H and O–H groups in total. The van der Waals surface area contributed by atoms with E-state index >= 15 is 0 Å².